The normalized spacial score (nSPS) is 10.9. The lowest BCUT2D eigenvalue weighted by Gasteiger charge is -2.07. The first-order valence-electron chi connectivity index (χ1n) is 5.39. The molecule has 0 saturated heterocycles. The summed E-state index contributed by atoms with van der Waals surface area (Å²) in [5.41, 5.74) is 0. The van der Waals surface area contributed by atoms with Crippen LogP contribution in [0.5, 0.6) is 0 Å². The molecule has 0 atom stereocenters. The van der Waals surface area contributed by atoms with Crippen LogP contribution in [0.15, 0.2) is 43.5 Å². The summed E-state index contributed by atoms with van der Waals surface area (Å²) in [6, 6.07) is 5.76. The Labute approximate surface area is 127 Å². The summed E-state index contributed by atoms with van der Waals surface area (Å²) in [6.45, 7) is 4.15. The van der Waals surface area contributed by atoms with E-state index in [-0.39, 0.29) is 0 Å². The highest BCUT2D eigenvalue weighted by Gasteiger charge is 2.10. The van der Waals surface area contributed by atoms with Crippen molar-refractivity contribution in [2.24, 2.45) is 0 Å². The molecule has 2 rings (SSSR count). The molecule has 0 unspecified atom stereocenters. The second kappa shape index (κ2) is 6.12. The van der Waals surface area contributed by atoms with E-state index in [1.54, 1.807) is 6.20 Å². The van der Waals surface area contributed by atoms with Gasteiger partial charge in [-0.25, -0.2) is 15.0 Å². The third kappa shape index (κ3) is 3.52. The Morgan fingerprint density at radius 2 is 2.00 bits per heavy atom. The summed E-state index contributed by atoms with van der Waals surface area (Å²) >= 11 is 8.42. The average molecular weight is 389 g/mol. The van der Waals surface area contributed by atoms with Crippen LogP contribution in [-0.4, -0.2) is 15.0 Å². The van der Waals surface area contributed by atoms with Crippen LogP contribution in [-0.2, 0) is 0 Å². The molecule has 18 heavy (non-hydrogen) atoms. The maximum absolute atomic E-state index is 4.53. The van der Waals surface area contributed by atoms with E-state index in [1.165, 1.54) is 11.8 Å². The van der Waals surface area contributed by atoms with Crippen molar-refractivity contribution in [2.75, 3.05) is 0 Å². The van der Waals surface area contributed by atoms with Crippen molar-refractivity contribution in [2.45, 2.75) is 29.8 Å². The molecule has 0 aliphatic heterocycles. The number of halogens is 2. The van der Waals surface area contributed by atoms with Crippen LogP contribution >= 0.6 is 43.6 Å². The van der Waals surface area contributed by atoms with E-state index in [1.807, 2.05) is 18.2 Å². The summed E-state index contributed by atoms with van der Waals surface area (Å²) in [5, 5.41) is 1.79. The van der Waals surface area contributed by atoms with Gasteiger partial charge >= 0.3 is 0 Å². The fourth-order valence-corrected chi connectivity index (χ4v) is 3.10. The van der Waals surface area contributed by atoms with Crippen LogP contribution in [0.1, 0.15) is 25.6 Å². The van der Waals surface area contributed by atoms with Crippen molar-refractivity contribution >= 4 is 43.6 Å². The minimum atomic E-state index is 0.300. The molecule has 0 saturated carbocycles. The molecule has 0 bridgehead atoms. The number of nitrogens with zero attached hydrogens (tertiary/aromatic N) is 3. The molecule has 6 heteroatoms. The molecule has 0 spiro atoms. The number of aromatic nitrogens is 3. The van der Waals surface area contributed by atoms with Crippen LogP contribution in [0.2, 0.25) is 0 Å². The Bertz CT molecular complexity index is 561. The van der Waals surface area contributed by atoms with Gasteiger partial charge in [-0.05, 0) is 55.8 Å². The predicted molar refractivity (Wildman–Crippen MR) is 79.9 cm³/mol. The van der Waals surface area contributed by atoms with Crippen LogP contribution in [0, 0.1) is 0 Å². The smallest absolute Gasteiger partial charge is 0.133 e. The number of hydrogen-bond acceptors (Lipinski definition) is 4. The van der Waals surface area contributed by atoms with Gasteiger partial charge in [0, 0.05) is 18.2 Å². The molecule has 2 aromatic rings. The third-order valence-corrected chi connectivity index (χ3v) is 4.38. The first kappa shape index (κ1) is 14.0. The molecule has 0 aliphatic rings. The SMILES string of the molecule is CC(C)c1nc(Br)cc(Sc2ncccc2Br)n1. The predicted octanol–water partition coefficient (Wildman–Crippen LogP) is 4.67. The molecule has 0 aliphatic carbocycles. The van der Waals surface area contributed by atoms with E-state index >= 15 is 0 Å². The van der Waals surface area contributed by atoms with E-state index in [0.717, 1.165) is 25.0 Å². The number of pyridine rings is 1. The lowest BCUT2D eigenvalue weighted by atomic mass is 10.2. The lowest BCUT2D eigenvalue weighted by Crippen LogP contribution is -1.99. The summed E-state index contributed by atoms with van der Waals surface area (Å²) in [7, 11) is 0. The van der Waals surface area contributed by atoms with Crippen LogP contribution in [0.25, 0.3) is 0 Å². The molecule has 2 heterocycles. The summed E-state index contributed by atoms with van der Waals surface area (Å²) < 4.78 is 1.77. The first-order valence-corrected chi connectivity index (χ1v) is 7.79. The molecule has 3 nitrogen and oxygen atoms in total. The summed E-state index contributed by atoms with van der Waals surface area (Å²) in [6.07, 6.45) is 1.77. The second-order valence-electron chi connectivity index (χ2n) is 3.93. The highest BCUT2D eigenvalue weighted by Crippen LogP contribution is 2.31. The van der Waals surface area contributed by atoms with E-state index < -0.39 is 0 Å². The molecule has 0 amide bonds. The minimum Gasteiger partial charge on any atom is -0.248 e. The van der Waals surface area contributed by atoms with E-state index in [4.69, 9.17) is 0 Å². The van der Waals surface area contributed by atoms with Crippen LogP contribution in [0.4, 0.5) is 0 Å². The quantitative estimate of drug-likeness (QED) is 0.716. The molecule has 0 aromatic carbocycles. The zero-order valence-corrected chi connectivity index (χ0v) is 13.9. The Morgan fingerprint density at radius 3 is 2.67 bits per heavy atom. The van der Waals surface area contributed by atoms with Crippen molar-refractivity contribution in [3.63, 3.8) is 0 Å². The Hall–Kier alpha value is -0.460. The Kier molecular flexibility index (Phi) is 4.75. The van der Waals surface area contributed by atoms with Crippen molar-refractivity contribution in [3.8, 4) is 0 Å². The standard InChI is InChI=1S/C12H11Br2N3S/c1-7(2)11-16-9(14)6-10(17-11)18-12-8(13)4-3-5-15-12/h3-7H,1-2H3. The minimum absolute atomic E-state index is 0.300. The van der Waals surface area contributed by atoms with Crippen molar-refractivity contribution in [1.29, 1.82) is 0 Å². The van der Waals surface area contributed by atoms with Gasteiger partial charge in [0.25, 0.3) is 0 Å². The largest absolute Gasteiger partial charge is 0.248 e. The van der Waals surface area contributed by atoms with Gasteiger partial charge < -0.3 is 0 Å². The zero-order chi connectivity index (χ0) is 13.1. The molecular weight excluding hydrogens is 378 g/mol. The Balaban J connectivity index is 2.32. The highest BCUT2D eigenvalue weighted by atomic mass is 79.9. The maximum atomic E-state index is 4.53. The summed E-state index contributed by atoms with van der Waals surface area (Å²) in [5.74, 6) is 1.13. The van der Waals surface area contributed by atoms with Gasteiger partial charge in [-0.2, -0.15) is 0 Å². The first-order chi connectivity index (χ1) is 8.56. The molecule has 0 fully saturated rings. The summed E-state index contributed by atoms with van der Waals surface area (Å²) in [4.78, 5) is 13.2. The molecule has 94 valence electrons. The van der Waals surface area contributed by atoms with Gasteiger partial charge in [-0.15, -0.1) is 0 Å². The van der Waals surface area contributed by atoms with E-state index in [9.17, 15) is 0 Å². The monoisotopic (exact) mass is 387 g/mol. The highest BCUT2D eigenvalue weighted by molar-refractivity contribution is 9.10. The van der Waals surface area contributed by atoms with Crippen molar-refractivity contribution in [1.82, 2.24) is 15.0 Å². The fraction of sp³-hybridized carbons (Fsp3) is 0.250. The molecular formula is C12H11Br2N3S. The molecule has 0 N–H and O–H groups in total. The van der Waals surface area contributed by atoms with Gasteiger partial charge in [0.2, 0.25) is 0 Å². The third-order valence-electron chi connectivity index (χ3n) is 2.13. The van der Waals surface area contributed by atoms with Crippen LogP contribution in [0.3, 0.4) is 0 Å². The fourth-order valence-electron chi connectivity index (χ4n) is 1.27. The molecule has 0 radical (unpaired) electrons. The molecule has 2 aromatic heterocycles. The average Bonchev–Trinajstić information content (AvgIpc) is 2.31. The van der Waals surface area contributed by atoms with Gasteiger partial charge in [0.1, 0.15) is 20.5 Å². The zero-order valence-electron chi connectivity index (χ0n) is 9.89. The van der Waals surface area contributed by atoms with Gasteiger partial charge in [0.15, 0.2) is 0 Å². The van der Waals surface area contributed by atoms with Crippen molar-refractivity contribution < 1.29 is 0 Å². The van der Waals surface area contributed by atoms with E-state index in [0.29, 0.717) is 5.92 Å². The van der Waals surface area contributed by atoms with E-state index in [2.05, 4.69) is 60.7 Å². The number of hydrogen-bond donors (Lipinski definition) is 0. The van der Waals surface area contributed by atoms with Gasteiger partial charge in [0.05, 0.1) is 4.47 Å². The number of rotatable bonds is 3. The topological polar surface area (TPSA) is 38.7 Å². The maximum Gasteiger partial charge on any atom is 0.133 e. The van der Waals surface area contributed by atoms with Gasteiger partial charge in [-0.1, -0.05) is 13.8 Å². The second-order valence-corrected chi connectivity index (χ2v) is 6.61. The lowest BCUT2D eigenvalue weighted by molar-refractivity contribution is 0.747. The van der Waals surface area contributed by atoms with Gasteiger partial charge in [-0.3, -0.25) is 0 Å². The Morgan fingerprint density at radius 1 is 1.22 bits per heavy atom. The van der Waals surface area contributed by atoms with Crippen molar-refractivity contribution in [3.05, 3.63) is 39.3 Å². The van der Waals surface area contributed by atoms with Crippen LogP contribution < -0.4 is 0 Å².